The number of nitrogens with zero attached hydrogens (tertiary/aromatic N) is 3. The summed E-state index contributed by atoms with van der Waals surface area (Å²) < 4.78 is 0. The van der Waals surface area contributed by atoms with Crippen LogP contribution < -0.4 is 10.6 Å². The van der Waals surface area contributed by atoms with Gasteiger partial charge in [0.25, 0.3) is 0 Å². The van der Waals surface area contributed by atoms with E-state index in [1.807, 2.05) is 13.2 Å². The molecule has 1 atom stereocenters. The standard InChI is InChI=1S/C15H27N5S.HI/c1-4-6-20-7-5-13(11-20)9-18-15(16-3)19-10-14-17-8-12(2)21-14;/h8,13H,4-7,9-11H2,1-3H3,(H2,16,18,19);1H. The van der Waals surface area contributed by atoms with Crippen LogP contribution in [0.2, 0.25) is 0 Å². The molecule has 2 heterocycles. The maximum absolute atomic E-state index is 4.36. The molecule has 5 nitrogen and oxygen atoms in total. The molecule has 0 spiro atoms. The van der Waals surface area contributed by atoms with Crippen molar-refractivity contribution in [3.05, 3.63) is 16.1 Å². The summed E-state index contributed by atoms with van der Waals surface area (Å²) in [5.74, 6) is 1.61. The Labute approximate surface area is 155 Å². The second kappa shape index (κ2) is 10.4. The third kappa shape index (κ3) is 6.37. The fourth-order valence-corrected chi connectivity index (χ4v) is 3.43. The van der Waals surface area contributed by atoms with Crippen molar-refractivity contribution in [3.63, 3.8) is 0 Å². The third-order valence-electron chi connectivity index (χ3n) is 3.77. The Hall–Kier alpha value is -0.410. The zero-order valence-corrected chi connectivity index (χ0v) is 16.9. The van der Waals surface area contributed by atoms with Crippen LogP contribution in [0, 0.1) is 12.8 Å². The number of thiazole rings is 1. The molecule has 2 rings (SSSR count). The number of hydrogen-bond donors (Lipinski definition) is 2. The minimum absolute atomic E-state index is 0. The van der Waals surface area contributed by atoms with Crippen molar-refractivity contribution in [3.8, 4) is 0 Å². The molecular weight excluding hydrogens is 409 g/mol. The summed E-state index contributed by atoms with van der Waals surface area (Å²) in [5, 5.41) is 7.87. The van der Waals surface area contributed by atoms with E-state index in [2.05, 4.69) is 39.4 Å². The van der Waals surface area contributed by atoms with Crippen molar-refractivity contribution >= 4 is 41.3 Å². The summed E-state index contributed by atoms with van der Waals surface area (Å²) in [4.78, 5) is 12.4. The van der Waals surface area contributed by atoms with Gasteiger partial charge in [-0.25, -0.2) is 4.98 Å². The molecule has 0 aromatic carbocycles. The lowest BCUT2D eigenvalue weighted by molar-refractivity contribution is 0.324. The second-order valence-electron chi connectivity index (χ2n) is 5.63. The number of aromatic nitrogens is 1. The average molecular weight is 437 g/mol. The Bertz CT molecular complexity index is 463. The smallest absolute Gasteiger partial charge is 0.191 e. The van der Waals surface area contributed by atoms with Crippen molar-refractivity contribution in [2.45, 2.75) is 33.2 Å². The molecule has 2 N–H and O–H groups in total. The highest BCUT2D eigenvalue weighted by atomic mass is 127. The van der Waals surface area contributed by atoms with Gasteiger partial charge in [0.1, 0.15) is 5.01 Å². The highest BCUT2D eigenvalue weighted by Gasteiger charge is 2.21. The van der Waals surface area contributed by atoms with Crippen LogP contribution in [0.4, 0.5) is 0 Å². The first-order chi connectivity index (χ1) is 10.2. The summed E-state index contributed by atoms with van der Waals surface area (Å²) in [6.07, 6.45) is 4.45. The molecule has 1 aromatic rings. The number of likely N-dealkylation sites (tertiary alicyclic amines) is 1. The lowest BCUT2D eigenvalue weighted by atomic mass is 10.1. The summed E-state index contributed by atoms with van der Waals surface area (Å²) in [6.45, 7) is 9.75. The molecule has 7 heteroatoms. The Balaban J connectivity index is 0.00000242. The number of nitrogens with one attached hydrogen (secondary N) is 2. The minimum atomic E-state index is 0. The van der Waals surface area contributed by atoms with Gasteiger partial charge in [-0.2, -0.15) is 0 Å². The number of aliphatic imine (C=N–C) groups is 1. The van der Waals surface area contributed by atoms with Crippen LogP contribution in [0.5, 0.6) is 0 Å². The van der Waals surface area contributed by atoms with E-state index in [1.54, 1.807) is 11.3 Å². The monoisotopic (exact) mass is 437 g/mol. The van der Waals surface area contributed by atoms with Gasteiger partial charge in [0, 0.05) is 31.2 Å². The molecule has 0 radical (unpaired) electrons. The summed E-state index contributed by atoms with van der Waals surface area (Å²) in [7, 11) is 1.82. The van der Waals surface area contributed by atoms with Gasteiger partial charge in [0.05, 0.1) is 6.54 Å². The Morgan fingerprint density at radius 1 is 1.50 bits per heavy atom. The SMILES string of the molecule is CCCN1CCC(CNC(=NC)NCc2ncc(C)s2)C1.I. The van der Waals surface area contributed by atoms with Crippen LogP contribution in [0.1, 0.15) is 29.7 Å². The van der Waals surface area contributed by atoms with Crippen LogP contribution in [0.25, 0.3) is 0 Å². The molecule has 22 heavy (non-hydrogen) atoms. The molecule has 0 amide bonds. The number of aryl methyl sites for hydroxylation is 1. The maximum atomic E-state index is 4.36. The van der Waals surface area contributed by atoms with Gasteiger partial charge < -0.3 is 15.5 Å². The van der Waals surface area contributed by atoms with Crippen LogP contribution in [0.3, 0.4) is 0 Å². The first kappa shape index (κ1) is 19.6. The topological polar surface area (TPSA) is 52.5 Å². The minimum Gasteiger partial charge on any atom is -0.356 e. The van der Waals surface area contributed by atoms with Crippen molar-refractivity contribution in [1.29, 1.82) is 0 Å². The van der Waals surface area contributed by atoms with Gasteiger partial charge in [0.2, 0.25) is 0 Å². The summed E-state index contributed by atoms with van der Waals surface area (Å²) >= 11 is 1.73. The zero-order chi connectivity index (χ0) is 15.1. The molecule has 126 valence electrons. The van der Waals surface area contributed by atoms with Crippen LogP contribution in [-0.2, 0) is 6.54 Å². The molecule has 1 unspecified atom stereocenters. The van der Waals surface area contributed by atoms with Crippen LogP contribution in [-0.4, -0.2) is 49.1 Å². The summed E-state index contributed by atoms with van der Waals surface area (Å²) in [6, 6.07) is 0. The second-order valence-corrected chi connectivity index (χ2v) is 6.95. The van der Waals surface area contributed by atoms with Crippen molar-refractivity contribution < 1.29 is 0 Å². The van der Waals surface area contributed by atoms with Crippen LogP contribution in [0.15, 0.2) is 11.2 Å². The predicted octanol–water partition coefficient (Wildman–Crippen LogP) is 2.47. The van der Waals surface area contributed by atoms with Gasteiger partial charge in [-0.05, 0) is 38.8 Å². The highest BCUT2D eigenvalue weighted by Crippen LogP contribution is 2.15. The molecule has 1 fully saturated rings. The Kier molecular flexibility index (Phi) is 9.27. The summed E-state index contributed by atoms with van der Waals surface area (Å²) in [5.41, 5.74) is 0. The molecule has 0 aliphatic carbocycles. The van der Waals surface area contributed by atoms with E-state index in [9.17, 15) is 0 Å². The lowest BCUT2D eigenvalue weighted by Crippen LogP contribution is -2.39. The number of guanidine groups is 1. The largest absolute Gasteiger partial charge is 0.356 e. The van der Waals surface area contributed by atoms with Crippen molar-refractivity contribution in [2.24, 2.45) is 10.9 Å². The highest BCUT2D eigenvalue weighted by molar-refractivity contribution is 14.0. The van der Waals surface area contributed by atoms with Crippen molar-refractivity contribution in [2.75, 3.05) is 33.2 Å². The number of halogens is 1. The molecular formula is C15H28IN5S. The molecule has 1 aliphatic rings. The fourth-order valence-electron chi connectivity index (χ4n) is 2.70. The van der Waals surface area contributed by atoms with E-state index in [1.165, 1.54) is 37.4 Å². The average Bonchev–Trinajstić information content (AvgIpc) is 3.09. The zero-order valence-electron chi connectivity index (χ0n) is 13.8. The molecule has 0 bridgehead atoms. The third-order valence-corrected chi connectivity index (χ3v) is 4.68. The first-order valence-electron chi connectivity index (χ1n) is 7.79. The fraction of sp³-hybridized carbons (Fsp3) is 0.733. The van der Waals surface area contributed by atoms with E-state index in [-0.39, 0.29) is 24.0 Å². The molecule has 1 aliphatic heterocycles. The normalized spacial score (nSPS) is 19.0. The van der Waals surface area contributed by atoms with Gasteiger partial charge in [-0.1, -0.05) is 6.92 Å². The van der Waals surface area contributed by atoms with E-state index in [4.69, 9.17) is 0 Å². The van der Waals surface area contributed by atoms with E-state index in [0.717, 1.165) is 30.0 Å². The van der Waals surface area contributed by atoms with Crippen LogP contribution >= 0.6 is 35.3 Å². The Morgan fingerprint density at radius 3 is 2.95 bits per heavy atom. The molecule has 1 saturated heterocycles. The number of rotatable bonds is 6. The van der Waals surface area contributed by atoms with E-state index >= 15 is 0 Å². The molecule has 1 aromatic heterocycles. The number of hydrogen-bond acceptors (Lipinski definition) is 4. The van der Waals surface area contributed by atoms with Gasteiger partial charge in [-0.15, -0.1) is 35.3 Å². The quantitative estimate of drug-likeness (QED) is 0.408. The lowest BCUT2D eigenvalue weighted by Gasteiger charge is -2.16. The predicted molar refractivity (Wildman–Crippen MR) is 105 cm³/mol. The van der Waals surface area contributed by atoms with E-state index < -0.39 is 0 Å². The first-order valence-corrected chi connectivity index (χ1v) is 8.61. The van der Waals surface area contributed by atoms with Gasteiger partial charge >= 0.3 is 0 Å². The van der Waals surface area contributed by atoms with Gasteiger partial charge in [0.15, 0.2) is 5.96 Å². The van der Waals surface area contributed by atoms with Crippen molar-refractivity contribution in [1.82, 2.24) is 20.5 Å². The van der Waals surface area contributed by atoms with E-state index in [0.29, 0.717) is 0 Å². The van der Waals surface area contributed by atoms with Gasteiger partial charge in [-0.3, -0.25) is 4.99 Å². The maximum Gasteiger partial charge on any atom is 0.191 e. The Morgan fingerprint density at radius 2 is 2.32 bits per heavy atom. The molecule has 0 saturated carbocycles.